The molecule has 0 saturated heterocycles. The third-order valence-electron chi connectivity index (χ3n) is 1.34. The van der Waals surface area contributed by atoms with Crippen LogP contribution in [0.1, 0.15) is 13.8 Å². The van der Waals surface area contributed by atoms with Gasteiger partial charge in [-0.05, 0) is 13.8 Å². The third kappa shape index (κ3) is 15.8. The SMILES string of the molecule is CC(C)(C(=O)O)C(=O)O.O=C(O)CO.O=C(O)CO. The van der Waals surface area contributed by atoms with Crippen LogP contribution >= 0.6 is 0 Å². The molecule has 0 aliphatic carbocycles. The fraction of sp³-hybridized carbons (Fsp3) is 0.556. The lowest BCUT2D eigenvalue weighted by atomic mass is 9.95. The van der Waals surface area contributed by atoms with Crippen LogP contribution in [0, 0.1) is 5.41 Å². The molecule has 10 nitrogen and oxygen atoms in total. The molecule has 0 amide bonds. The van der Waals surface area contributed by atoms with Gasteiger partial charge in [0.15, 0.2) is 5.41 Å². The van der Waals surface area contributed by atoms with Crippen molar-refractivity contribution in [2.75, 3.05) is 13.2 Å². The zero-order chi connectivity index (χ0) is 16.2. The molecule has 0 saturated carbocycles. The Morgan fingerprint density at radius 3 is 0.895 bits per heavy atom. The van der Waals surface area contributed by atoms with Crippen molar-refractivity contribution in [3.8, 4) is 0 Å². The lowest BCUT2D eigenvalue weighted by Crippen LogP contribution is -2.32. The molecule has 0 unspecified atom stereocenters. The molecule has 0 bridgehead atoms. The second-order valence-electron chi connectivity index (χ2n) is 3.34. The number of hydrogen-bond acceptors (Lipinski definition) is 6. The maximum atomic E-state index is 10.1. The third-order valence-corrected chi connectivity index (χ3v) is 1.34. The lowest BCUT2D eigenvalue weighted by Gasteiger charge is -2.10. The van der Waals surface area contributed by atoms with Crippen LogP contribution in [0.3, 0.4) is 0 Å². The molecule has 0 aromatic carbocycles. The van der Waals surface area contributed by atoms with E-state index in [1.165, 1.54) is 0 Å². The minimum atomic E-state index is -1.67. The van der Waals surface area contributed by atoms with E-state index >= 15 is 0 Å². The molecule has 0 radical (unpaired) electrons. The van der Waals surface area contributed by atoms with E-state index in [1.807, 2.05) is 0 Å². The molecule has 0 atom stereocenters. The van der Waals surface area contributed by atoms with E-state index in [2.05, 4.69) is 0 Å². The average molecular weight is 284 g/mol. The number of hydrogen-bond donors (Lipinski definition) is 6. The molecule has 0 heterocycles. The molecule has 0 rings (SSSR count). The molecule has 0 aromatic rings. The number of carboxylic acid groups (broad SMARTS) is 4. The molecule has 6 N–H and O–H groups in total. The van der Waals surface area contributed by atoms with Gasteiger partial charge >= 0.3 is 23.9 Å². The summed E-state index contributed by atoms with van der Waals surface area (Å²) >= 11 is 0. The molecule has 10 heteroatoms. The van der Waals surface area contributed by atoms with Gasteiger partial charge in [-0.15, -0.1) is 0 Å². The normalized spacial score (nSPS) is 9.05. The Balaban J connectivity index is -0.000000219. The standard InChI is InChI=1S/C5H8O4.2C2H4O3/c1-5(2,3(6)7)4(8)9;2*3-1-2(4)5/h1-2H3,(H,6,7)(H,8,9);2*3H,1H2,(H,4,5). The first-order chi connectivity index (χ1) is 8.43. The van der Waals surface area contributed by atoms with Crippen LogP contribution in [0.4, 0.5) is 0 Å². The molecular weight excluding hydrogens is 268 g/mol. The number of rotatable bonds is 4. The van der Waals surface area contributed by atoms with Gasteiger partial charge in [0.25, 0.3) is 0 Å². The summed E-state index contributed by atoms with van der Waals surface area (Å²) in [5.74, 6) is -5.03. The summed E-state index contributed by atoms with van der Waals surface area (Å²) in [5.41, 5.74) is -1.67. The number of aliphatic carboxylic acids is 4. The Kier molecular flexibility index (Phi) is 12.7. The van der Waals surface area contributed by atoms with Crippen LogP contribution in [0.15, 0.2) is 0 Å². The first-order valence-corrected chi connectivity index (χ1v) is 4.55. The summed E-state index contributed by atoms with van der Waals surface area (Å²) in [4.78, 5) is 38.4. The number of carboxylic acids is 4. The first kappa shape index (κ1) is 22.0. The molecule has 0 fully saturated rings. The maximum absolute atomic E-state index is 10.1. The molecule has 19 heavy (non-hydrogen) atoms. The molecule has 0 aliphatic heterocycles. The predicted octanol–water partition coefficient (Wildman–Crippen LogP) is -1.69. The Labute approximate surface area is 107 Å². The van der Waals surface area contributed by atoms with E-state index in [0.717, 1.165) is 13.8 Å². The van der Waals surface area contributed by atoms with Gasteiger partial charge in [0.1, 0.15) is 13.2 Å². The Bertz CT molecular complexity index is 289. The largest absolute Gasteiger partial charge is 0.480 e. The predicted molar refractivity (Wildman–Crippen MR) is 58.5 cm³/mol. The van der Waals surface area contributed by atoms with Crippen LogP contribution in [0.2, 0.25) is 0 Å². The van der Waals surface area contributed by atoms with Crippen molar-refractivity contribution in [3.05, 3.63) is 0 Å². The topological polar surface area (TPSA) is 190 Å². The minimum absolute atomic E-state index is 0.778. The smallest absolute Gasteiger partial charge is 0.329 e. The molecule has 0 aromatic heterocycles. The second kappa shape index (κ2) is 10.9. The van der Waals surface area contributed by atoms with Gasteiger partial charge in [-0.25, -0.2) is 9.59 Å². The van der Waals surface area contributed by atoms with E-state index in [1.54, 1.807) is 0 Å². The van der Waals surface area contributed by atoms with Gasteiger partial charge in [0, 0.05) is 0 Å². The van der Waals surface area contributed by atoms with Crippen molar-refractivity contribution in [3.63, 3.8) is 0 Å². The summed E-state index contributed by atoms with van der Waals surface area (Å²) in [6.45, 7) is 0.718. The van der Waals surface area contributed by atoms with E-state index in [4.69, 9.17) is 40.2 Å². The number of aliphatic hydroxyl groups is 2. The summed E-state index contributed by atoms with van der Waals surface area (Å²) in [7, 11) is 0. The summed E-state index contributed by atoms with van der Waals surface area (Å²) in [6, 6.07) is 0. The summed E-state index contributed by atoms with van der Waals surface area (Å²) in [5, 5.41) is 46.5. The number of aliphatic hydroxyl groups excluding tert-OH is 2. The molecule has 0 spiro atoms. The molecule has 112 valence electrons. The van der Waals surface area contributed by atoms with E-state index in [-0.39, 0.29) is 0 Å². The van der Waals surface area contributed by atoms with Gasteiger partial charge in [-0.1, -0.05) is 0 Å². The average Bonchev–Trinajstić information content (AvgIpc) is 2.29. The molecule has 0 aliphatic rings. The van der Waals surface area contributed by atoms with Crippen molar-refractivity contribution < 1.29 is 49.8 Å². The highest BCUT2D eigenvalue weighted by Gasteiger charge is 2.35. The highest BCUT2D eigenvalue weighted by molar-refractivity contribution is 5.97. The van der Waals surface area contributed by atoms with Gasteiger partial charge in [-0.2, -0.15) is 0 Å². The van der Waals surface area contributed by atoms with Crippen LogP contribution in [0.25, 0.3) is 0 Å². The van der Waals surface area contributed by atoms with Crippen LogP contribution in [0.5, 0.6) is 0 Å². The van der Waals surface area contributed by atoms with E-state index in [0.29, 0.717) is 0 Å². The second-order valence-corrected chi connectivity index (χ2v) is 3.34. The van der Waals surface area contributed by atoms with Gasteiger partial charge in [-0.3, -0.25) is 9.59 Å². The van der Waals surface area contributed by atoms with Crippen LogP contribution in [-0.2, 0) is 19.2 Å². The maximum Gasteiger partial charge on any atom is 0.329 e. The Morgan fingerprint density at radius 2 is 0.895 bits per heavy atom. The van der Waals surface area contributed by atoms with Crippen LogP contribution in [-0.4, -0.2) is 67.7 Å². The fourth-order valence-corrected chi connectivity index (χ4v) is 0.0915. The first-order valence-electron chi connectivity index (χ1n) is 4.55. The Morgan fingerprint density at radius 1 is 0.737 bits per heavy atom. The number of carbonyl (C=O) groups is 4. The summed E-state index contributed by atoms with van der Waals surface area (Å²) < 4.78 is 0. The van der Waals surface area contributed by atoms with Crippen molar-refractivity contribution in [2.45, 2.75) is 13.8 Å². The van der Waals surface area contributed by atoms with Gasteiger partial charge < -0.3 is 30.6 Å². The lowest BCUT2D eigenvalue weighted by molar-refractivity contribution is -0.161. The van der Waals surface area contributed by atoms with Crippen molar-refractivity contribution in [1.82, 2.24) is 0 Å². The van der Waals surface area contributed by atoms with E-state index in [9.17, 15) is 9.59 Å². The zero-order valence-electron chi connectivity index (χ0n) is 10.2. The van der Waals surface area contributed by atoms with Gasteiger partial charge in [0.2, 0.25) is 0 Å². The molecular formula is C9H16O10. The monoisotopic (exact) mass is 284 g/mol. The van der Waals surface area contributed by atoms with Gasteiger partial charge in [0.05, 0.1) is 0 Å². The minimum Gasteiger partial charge on any atom is -0.480 e. The van der Waals surface area contributed by atoms with Crippen LogP contribution < -0.4 is 0 Å². The zero-order valence-corrected chi connectivity index (χ0v) is 10.2. The Hall–Kier alpha value is -2.20. The van der Waals surface area contributed by atoms with E-state index < -0.39 is 42.5 Å². The summed E-state index contributed by atoms with van der Waals surface area (Å²) in [6.07, 6.45) is 0. The quantitative estimate of drug-likeness (QED) is 0.324. The van der Waals surface area contributed by atoms with Crippen molar-refractivity contribution >= 4 is 23.9 Å². The highest BCUT2D eigenvalue weighted by atomic mass is 16.4. The van der Waals surface area contributed by atoms with Crippen molar-refractivity contribution in [1.29, 1.82) is 0 Å². The fourth-order valence-electron chi connectivity index (χ4n) is 0.0915. The highest BCUT2D eigenvalue weighted by Crippen LogP contribution is 2.14. The van der Waals surface area contributed by atoms with Crippen molar-refractivity contribution in [2.24, 2.45) is 5.41 Å².